The van der Waals surface area contributed by atoms with Gasteiger partial charge in [-0.05, 0) is 55.7 Å². The Morgan fingerprint density at radius 2 is 1.92 bits per heavy atom. The lowest BCUT2D eigenvalue weighted by molar-refractivity contribution is 0.242. The minimum Gasteiger partial charge on any atom is -0.489 e. The number of benzene rings is 2. The van der Waals surface area contributed by atoms with Gasteiger partial charge in [0, 0.05) is 12.2 Å². The quantitative estimate of drug-likeness (QED) is 0.859. The van der Waals surface area contributed by atoms with E-state index in [0.717, 1.165) is 36.9 Å². The summed E-state index contributed by atoms with van der Waals surface area (Å²) in [6.45, 7) is 5.72. The molecular formula is C19H22ClN3O. The highest BCUT2D eigenvalue weighted by molar-refractivity contribution is 6.32. The lowest BCUT2D eigenvalue weighted by Crippen LogP contribution is -2.26. The van der Waals surface area contributed by atoms with Crippen molar-refractivity contribution in [1.82, 2.24) is 5.32 Å². The van der Waals surface area contributed by atoms with Gasteiger partial charge in [0.2, 0.25) is 0 Å². The van der Waals surface area contributed by atoms with Crippen molar-refractivity contribution in [1.29, 1.82) is 0 Å². The van der Waals surface area contributed by atoms with Crippen LogP contribution in [0.3, 0.4) is 0 Å². The molecule has 126 valence electrons. The van der Waals surface area contributed by atoms with E-state index in [9.17, 15) is 0 Å². The van der Waals surface area contributed by atoms with Gasteiger partial charge >= 0.3 is 0 Å². The number of anilines is 1. The SMILES string of the molecule is CC(C)Oc1ccc(Cc2ccc(NC3=NCCN3)cc2)cc1Cl. The van der Waals surface area contributed by atoms with Gasteiger partial charge in [-0.3, -0.25) is 4.99 Å². The number of halogens is 1. The first kappa shape index (κ1) is 16.7. The maximum Gasteiger partial charge on any atom is 0.195 e. The molecule has 5 heteroatoms. The molecule has 1 heterocycles. The van der Waals surface area contributed by atoms with E-state index in [4.69, 9.17) is 16.3 Å². The molecule has 0 bridgehead atoms. The molecule has 0 saturated carbocycles. The molecule has 2 N–H and O–H groups in total. The van der Waals surface area contributed by atoms with Gasteiger partial charge in [0.15, 0.2) is 5.96 Å². The van der Waals surface area contributed by atoms with Crippen molar-refractivity contribution < 1.29 is 4.74 Å². The van der Waals surface area contributed by atoms with Gasteiger partial charge in [-0.2, -0.15) is 0 Å². The Kier molecular flexibility index (Phi) is 5.26. The van der Waals surface area contributed by atoms with Crippen LogP contribution in [0.4, 0.5) is 5.69 Å². The van der Waals surface area contributed by atoms with Gasteiger partial charge in [0.05, 0.1) is 17.7 Å². The zero-order chi connectivity index (χ0) is 16.9. The number of aliphatic imine (C=N–C) groups is 1. The lowest BCUT2D eigenvalue weighted by atomic mass is 10.0. The Bertz CT molecular complexity index is 726. The third kappa shape index (κ3) is 4.42. The third-order valence-electron chi connectivity index (χ3n) is 3.66. The Labute approximate surface area is 147 Å². The van der Waals surface area contributed by atoms with E-state index in [1.54, 1.807) is 0 Å². The molecule has 1 aliphatic heterocycles. The first-order chi connectivity index (χ1) is 11.6. The van der Waals surface area contributed by atoms with Gasteiger partial charge in [-0.1, -0.05) is 29.8 Å². The van der Waals surface area contributed by atoms with Crippen LogP contribution in [0.25, 0.3) is 0 Å². The lowest BCUT2D eigenvalue weighted by Gasteiger charge is -2.12. The van der Waals surface area contributed by atoms with Crippen molar-refractivity contribution in [3.63, 3.8) is 0 Å². The predicted octanol–water partition coefficient (Wildman–Crippen LogP) is 4.09. The highest BCUT2D eigenvalue weighted by Gasteiger charge is 2.07. The van der Waals surface area contributed by atoms with Crippen LogP contribution in [0.15, 0.2) is 47.5 Å². The summed E-state index contributed by atoms with van der Waals surface area (Å²) in [6, 6.07) is 14.3. The number of hydrogen-bond donors (Lipinski definition) is 2. The van der Waals surface area contributed by atoms with Gasteiger partial charge in [-0.25, -0.2) is 0 Å². The molecule has 4 nitrogen and oxygen atoms in total. The zero-order valence-electron chi connectivity index (χ0n) is 14.0. The molecule has 0 saturated heterocycles. The summed E-state index contributed by atoms with van der Waals surface area (Å²) in [4.78, 5) is 4.33. The van der Waals surface area contributed by atoms with Crippen LogP contribution in [-0.2, 0) is 6.42 Å². The molecule has 0 radical (unpaired) electrons. The Morgan fingerprint density at radius 1 is 1.17 bits per heavy atom. The third-order valence-corrected chi connectivity index (χ3v) is 3.95. The normalized spacial score (nSPS) is 13.6. The molecular weight excluding hydrogens is 322 g/mol. The molecule has 0 amide bonds. The number of hydrogen-bond acceptors (Lipinski definition) is 4. The average Bonchev–Trinajstić information content (AvgIpc) is 3.05. The summed E-state index contributed by atoms with van der Waals surface area (Å²) in [6.07, 6.45) is 0.952. The largest absolute Gasteiger partial charge is 0.489 e. The van der Waals surface area contributed by atoms with Crippen molar-refractivity contribution in [2.24, 2.45) is 4.99 Å². The van der Waals surface area contributed by atoms with E-state index in [2.05, 4.69) is 46.0 Å². The summed E-state index contributed by atoms with van der Waals surface area (Å²) >= 11 is 6.30. The van der Waals surface area contributed by atoms with E-state index in [-0.39, 0.29) is 6.10 Å². The minimum atomic E-state index is 0.118. The van der Waals surface area contributed by atoms with E-state index in [0.29, 0.717) is 5.02 Å². The first-order valence-electron chi connectivity index (χ1n) is 8.19. The van der Waals surface area contributed by atoms with Crippen LogP contribution >= 0.6 is 11.6 Å². The van der Waals surface area contributed by atoms with Crippen LogP contribution in [0.2, 0.25) is 5.02 Å². The van der Waals surface area contributed by atoms with Gasteiger partial charge in [-0.15, -0.1) is 0 Å². The molecule has 1 aliphatic rings. The van der Waals surface area contributed by atoms with Gasteiger partial charge in [0.1, 0.15) is 5.75 Å². The fourth-order valence-electron chi connectivity index (χ4n) is 2.56. The second-order valence-corrected chi connectivity index (χ2v) is 6.49. The number of nitrogens with one attached hydrogen (secondary N) is 2. The summed E-state index contributed by atoms with van der Waals surface area (Å²) in [5.74, 6) is 1.58. The predicted molar refractivity (Wildman–Crippen MR) is 100 cm³/mol. The van der Waals surface area contributed by atoms with Gasteiger partial charge < -0.3 is 15.4 Å². The molecule has 0 aromatic heterocycles. The molecule has 0 unspecified atom stereocenters. The zero-order valence-corrected chi connectivity index (χ0v) is 14.7. The topological polar surface area (TPSA) is 45.6 Å². The van der Waals surface area contributed by atoms with Crippen molar-refractivity contribution >= 4 is 23.2 Å². The Balaban J connectivity index is 1.64. The van der Waals surface area contributed by atoms with E-state index in [1.165, 1.54) is 11.1 Å². The second-order valence-electron chi connectivity index (χ2n) is 6.09. The fourth-order valence-corrected chi connectivity index (χ4v) is 2.81. The maximum absolute atomic E-state index is 6.30. The number of nitrogens with zero attached hydrogens (tertiary/aromatic N) is 1. The highest BCUT2D eigenvalue weighted by atomic mass is 35.5. The van der Waals surface area contributed by atoms with Crippen molar-refractivity contribution in [3.05, 3.63) is 58.6 Å². The van der Waals surface area contributed by atoms with Crippen LogP contribution < -0.4 is 15.4 Å². The molecule has 24 heavy (non-hydrogen) atoms. The first-order valence-corrected chi connectivity index (χ1v) is 8.57. The summed E-state index contributed by atoms with van der Waals surface area (Å²) in [5.41, 5.74) is 3.43. The number of rotatable bonds is 5. The Hall–Kier alpha value is -2.20. The smallest absolute Gasteiger partial charge is 0.195 e. The van der Waals surface area contributed by atoms with E-state index in [1.807, 2.05) is 26.0 Å². The molecule has 2 aromatic rings. The molecule has 0 fully saturated rings. The highest BCUT2D eigenvalue weighted by Crippen LogP contribution is 2.27. The van der Waals surface area contributed by atoms with E-state index < -0.39 is 0 Å². The van der Waals surface area contributed by atoms with Crippen LogP contribution in [0.5, 0.6) is 5.75 Å². The molecule has 0 atom stereocenters. The minimum absolute atomic E-state index is 0.118. The van der Waals surface area contributed by atoms with E-state index >= 15 is 0 Å². The maximum atomic E-state index is 6.30. The number of guanidine groups is 1. The van der Waals surface area contributed by atoms with Crippen molar-refractivity contribution in [3.8, 4) is 5.75 Å². The molecule has 0 spiro atoms. The van der Waals surface area contributed by atoms with Crippen molar-refractivity contribution in [2.75, 3.05) is 18.4 Å². The molecule has 0 aliphatic carbocycles. The van der Waals surface area contributed by atoms with Crippen LogP contribution in [0.1, 0.15) is 25.0 Å². The van der Waals surface area contributed by atoms with Crippen LogP contribution in [0, 0.1) is 0 Å². The monoisotopic (exact) mass is 343 g/mol. The summed E-state index contributed by atoms with van der Waals surface area (Å²) in [7, 11) is 0. The van der Waals surface area contributed by atoms with Crippen LogP contribution in [-0.4, -0.2) is 25.2 Å². The summed E-state index contributed by atoms with van der Waals surface area (Å²) in [5, 5.41) is 7.12. The molecule has 2 aromatic carbocycles. The number of ether oxygens (including phenoxy) is 1. The fraction of sp³-hybridized carbons (Fsp3) is 0.316. The van der Waals surface area contributed by atoms with Gasteiger partial charge in [0.25, 0.3) is 0 Å². The standard InChI is InChI=1S/C19H22ClN3O/c1-13(2)24-18-8-5-15(12-17(18)20)11-14-3-6-16(7-4-14)23-19-21-9-10-22-19/h3-8,12-13H,9-11H2,1-2H3,(H2,21,22,23). The average molecular weight is 344 g/mol. The van der Waals surface area contributed by atoms with Crippen molar-refractivity contribution in [2.45, 2.75) is 26.4 Å². The Morgan fingerprint density at radius 3 is 2.54 bits per heavy atom. The summed E-state index contributed by atoms with van der Waals surface area (Å²) < 4.78 is 5.67. The molecule has 3 rings (SSSR count). The second kappa shape index (κ2) is 7.58.